The summed E-state index contributed by atoms with van der Waals surface area (Å²) in [6.45, 7) is 3.29. The van der Waals surface area contributed by atoms with Crippen LogP contribution in [0, 0.1) is 5.92 Å². The van der Waals surface area contributed by atoms with Crippen LogP contribution < -0.4 is 5.32 Å². The van der Waals surface area contributed by atoms with Crippen LogP contribution in [-0.2, 0) is 22.6 Å². The normalized spacial score (nSPS) is 16.0. The molecule has 0 fully saturated rings. The van der Waals surface area contributed by atoms with Crippen LogP contribution in [0.1, 0.15) is 30.9 Å². The molecule has 1 unspecified atom stereocenters. The zero-order chi connectivity index (χ0) is 17.6. The summed E-state index contributed by atoms with van der Waals surface area (Å²) in [5, 5.41) is 2.95. The predicted octanol–water partition coefficient (Wildman–Crippen LogP) is 3.63. The summed E-state index contributed by atoms with van der Waals surface area (Å²) in [4.78, 5) is 26.7. The van der Waals surface area contributed by atoms with Crippen molar-refractivity contribution in [3.05, 3.63) is 65.7 Å². The Morgan fingerprint density at radius 1 is 1.12 bits per heavy atom. The van der Waals surface area contributed by atoms with Gasteiger partial charge in [-0.15, -0.1) is 0 Å². The van der Waals surface area contributed by atoms with E-state index in [0.717, 1.165) is 16.8 Å². The molecule has 4 nitrogen and oxygen atoms in total. The van der Waals surface area contributed by atoms with Crippen LogP contribution in [0.25, 0.3) is 0 Å². The first-order chi connectivity index (χ1) is 12.2. The molecular weight excluding hydrogens is 312 g/mol. The van der Waals surface area contributed by atoms with Gasteiger partial charge in [0.25, 0.3) is 0 Å². The first-order valence-corrected chi connectivity index (χ1v) is 8.88. The van der Waals surface area contributed by atoms with Crippen LogP contribution in [0.15, 0.2) is 54.6 Å². The fourth-order valence-electron chi connectivity index (χ4n) is 3.28. The van der Waals surface area contributed by atoms with Crippen LogP contribution in [0.4, 0.5) is 5.69 Å². The Hall–Kier alpha value is -2.62. The van der Waals surface area contributed by atoms with Gasteiger partial charge < -0.3 is 10.2 Å². The quantitative estimate of drug-likeness (QED) is 0.876. The molecule has 0 saturated carbocycles. The molecule has 0 spiro atoms. The molecule has 2 aromatic carbocycles. The van der Waals surface area contributed by atoms with E-state index in [1.165, 1.54) is 0 Å². The molecular formula is C21H24N2O2. The van der Waals surface area contributed by atoms with Gasteiger partial charge in [0.05, 0.1) is 0 Å². The minimum Gasteiger partial charge on any atom is -0.339 e. The maximum absolute atomic E-state index is 12.6. The second kappa shape index (κ2) is 7.97. The number of hydrogen-bond acceptors (Lipinski definition) is 2. The van der Waals surface area contributed by atoms with Gasteiger partial charge in [0.2, 0.25) is 11.8 Å². The highest BCUT2D eigenvalue weighted by Gasteiger charge is 2.26. The van der Waals surface area contributed by atoms with Crippen LogP contribution in [0.5, 0.6) is 0 Å². The first kappa shape index (κ1) is 17.2. The van der Waals surface area contributed by atoms with Gasteiger partial charge >= 0.3 is 0 Å². The molecule has 130 valence electrons. The Kier molecular flexibility index (Phi) is 5.49. The third-order valence-corrected chi connectivity index (χ3v) is 4.77. The molecule has 0 radical (unpaired) electrons. The van der Waals surface area contributed by atoms with Crippen molar-refractivity contribution < 1.29 is 9.59 Å². The highest BCUT2D eigenvalue weighted by atomic mass is 16.2. The third-order valence-electron chi connectivity index (χ3n) is 4.77. The number of benzene rings is 2. The Morgan fingerprint density at radius 2 is 1.84 bits per heavy atom. The van der Waals surface area contributed by atoms with E-state index in [0.29, 0.717) is 32.4 Å². The van der Waals surface area contributed by atoms with Crippen molar-refractivity contribution in [3.63, 3.8) is 0 Å². The van der Waals surface area contributed by atoms with E-state index in [1.54, 1.807) is 0 Å². The molecule has 25 heavy (non-hydrogen) atoms. The summed E-state index contributed by atoms with van der Waals surface area (Å²) < 4.78 is 0. The second-order valence-corrected chi connectivity index (χ2v) is 6.48. The van der Waals surface area contributed by atoms with Gasteiger partial charge in [-0.1, -0.05) is 48.5 Å². The minimum absolute atomic E-state index is 0.0256. The number of nitrogens with one attached hydrogen (secondary N) is 1. The summed E-state index contributed by atoms with van der Waals surface area (Å²) in [5.41, 5.74) is 3.17. The fraction of sp³-hybridized carbons (Fsp3) is 0.333. The van der Waals surface area contributed by atoms with E-state index in [1.807, 2.05) is 66.4 Å². The fourth-order valence-corrected chi connectivity index (χ4v) is 3.28. The Balaban J connectivity index is 1.57. The number of nitrogens with zero attached hydrogens (tertiary/aromatic N) is 1. The highest BCUT2D eigenvalue weighted by molar-refractivity contribution is 5.96. The maximum atomic E-state index is 12.6. The number of hydrogen-bond donors (Lipinski definition) is 1. The minimum atomic E-state index is -0.130. The average molecular weight is 336 g/mol. The number of fused-ring (bicyclic) bond motifs is 1. The summed E-state index contributed by atoms with van der Waals surface area (Å²) in [7, 11) is 0. The van der Waals surface area contributed by atoms with Crippen molar-refractivity contribution in [1.82, 2.24) is 4.90 Å². The number of anilines is 1. The van der Waals surface area contributed by atoms with Gasteiger partial charge in [-0.3, -0.25) is 9.59 Å². The average Bonchev–Trinajstić information content (AvgIpc) is 2.65. The molecule has 1 aliphatic heterocycles. The standard InChI is InChI=1S/C21H24N2O2/c1-2-23(15-16-8-4-3-5-9-16)20(24)13-12-18-14-17-10-6-7-11-19(17)22-21(18)25/h3-11,18H,2,12-15H2,1H3,(H,22,25). The second-order valence-electron chi connectivity index (χ2n) is 6.48. The van der Waals surface area contributed by atoms with Crippen LogP contribution >= 0.6 is 0 Å². The molecule has 1 aliphatic rings. The molecule has 2 aromatic rings. The molecule has 0 saturated heterocycles. The molecule has 3 rings (SSSR count). The molecule has 0 aliphatic carbocycles. The summed E-state index contributed by atoms with van der Waals surface area (Å²) in [6, 6.07) is 17.9. The van der Waals surface area contributed by atoms with Gasteiger partial charge in [-0.25, -0.2) is 0 Å². The zero-order valence-corrected chi connectivity index (χ0v) is 14.6. The van der Waals surface area contributed by atoms with Crippen LogP contribution in [-0.4, -0.2) is 23.3 Å². The Labute approximate surface area is 148 Å². The number of carbonyl (C=O) groups is 2. The number of para-hydroxylation sites is 1. The molecule has 2 amide bonds. The molecule has 1 heterocycles. The monoisotopic (exact) mass is 336 g/mol. The third kappa shape index (κ3) is 4.27. The molecule has 0 bridgehead atoms. The number of carbonyl (C=O) groups excluding carboxylic acids is 2. The Bertz CT molecular complexity index is 743. The van der Waals surface area contributed by atoms with Crippen LogP contribution in [0.2, 0.25) is 0 Å². The smallest absolute Gasteiger partial charge is 0.227 e. The van der Waals surface area contributed by atoms with Gasteiger partial charge in [-0.05, 0) is 37.0 Å². The van der Waals surface area contributed by atoms with E-state index in [-0.39, 0.29) is 17.7 Å². The van der Waals surface area contributed by atoms with Gasteiger partial charge in [0.15, 0.2) is 0 Å². The molecule has 4 heteroatoms. The van der Waals surface area contributed by atoms with Crippen molar-refractivity contribution in [3.8, 4) is 0 Å². The lowest BCUT2D eigenvalue weighted by molar-refractivity contribution is -0.132. The first-order valence-electron chi connectivity index (χ1n) is 8.88. The van der Waals surface area contributed by atoms with Gasteiger partial charge in [0.1, 0.15) is 0 Å². The summed E-state index contributed by atoms with van der Waals surface area (Å²) in [5.74, 6) is 0.00454. The molecule has 1 atom stereocenters. The highest BCUT2D eigenvalue weighted by Crippen LogP contribution is 2.27. The summed E-state index contributed by atoms with van der Waals surface area (Å²) >= 11 is 0. The van der Waals surface area contributed by atoms with E-state index >= 15 is 0 Å². The van der Waals surface area contributed by atoms with Gasteiger partial charge in [0, 0.05) is 31.1 Å². The number of amides is 2. The number of rotatable bonds is 6. The zero-order valence-electron chi connectivity index (χ0n) is 14.6. The van der Waals surface area contributed by atoms with Crippen molar-refractivity contribution in [2.24, 2.45) is 5.92 Å². The molecule has 0 aromatic heterocycles. The van der Waals surface area contributed by atoms with Gasteiger partial charge in [-0.2, -0.15) is 0 Å². The van der Waals surface area contributed by atoms with Crippen LogP contribution in [0.3, 0.4) is 0 Å². The van der Waals surface area contributed by atoms with E-state index in [9.17, 15) is 9.59 Å². The lowest BCUT2D eigenvalue weighted by Gasteiger charge is -2.26. The van der Waals surface area contributed by atoms with E-state index in [2.05, 4.69) is 5.32 Å². The van der Waals surface area contributed by atoms with E-state index < -0.39 is 0 Å². The van der Waals surface area contributed by atoms with Crippen molar-refractivity contribution in [1.29, 1.82) is 0 Å². The maximum Gasteiger partial charge on any atom is 0.227 e. The Morgan fingerprint density at radius 3 is 2.60 bits per heavy atom. The van der Waals surface area contributed by atoms with Crippen molar-refractivity contribution in [2.75, 3.05) is 11.9 Å². The summed E-state index contributed by atoms with van der Waals surface area (Å²) in [6.07, 6.45) is 1.70. The topological polar surface area (TPSA) is 49.4 Å². The van der Waals surface area contributed by atoms with Crippen molar-refractivity contribution in [2.45, 2.75) is 32.7 Å². The SMILES string of the molecule is CCN(Cc1ccccc1)C(=O)CCC1Cc2ccccc2NC1=O. The molecule has 1 N–H and O–H groups in total. The van der Waals surface area contributed by atoms with Crippen molar-refractivity contribution >= 4 is 17.5 Å². The lowest BCUT2D eigenvalue weighted by Crippen LogP contribution is -2.33. The lowest BCUT2D eigenvalue weighted by atomic mass is 9.89. The largest absolute Gasteiger partial charge is 0.339 e. The predicted molar refractivity (Wildman–Crippen MR) is 99.0 cm³/mol. The van der Waals surface area contributed by atoms with E-state index in [4.69, 9.17) is 0 Å².